The number of aromatic amines is 1. The minimum Gasteiger partial charge on any atom is -0.317 e. The third-order valence-corrected chi connectivity index (χ3v) is 5.53. The monoisotopic (exact) mass is 272 g/mol. The highest BCUT2D eigenvalue weighted by atomic mass is 32.2. The first kappa shape index (κ1) is 13.5. The maximum atomic E-state index is 12.4. The van der Waals surface area contributed by atoms with E-state index >= 15 is 0 Å². The van der Waals surface area contributed by atoms with Gasteiger partial charge < -0.3 is 5.32 Å². The molecule has 0 bridgehead atoms. The predicted molar refractivity (Wildman–Crippen MR) is 68.6 cm³/mol. The van der Waals surface area contributed by atoms with Gasteiger partial charge in [-0.25, -0.2) is 8.42 Å². The van der Waals surface area contributed by atoms with Crippen LogP contribution < -0.4 is 5.32 Å². The standard InChI is InChI=1S/C11H20N4O2S/c1-3-9-8-15(5-4-11(9)12-2)18(16,17)10-6-13-14-7-10/h6-7,9,11-12H,3-5,8H2,1-2H3,(H,13,14). The van der Waals surface area contributed by atoms with Crippen LogP contribution in [0.1, 0.15) is 19.8 Å². The maximum absolute atomic E-state index is 12.4. The van der Waals surface area contributed by atoms with Crippen LogP contribution in [-0.4, -0.2) is 49.1 Å². The lowest BCUT2D eigenvalue weighted by Crippen LogP contribution is -2.49. The van der Waals surface area contributed by atoms with Crippen molar-refractivity contribution in [1.29, 1.82) is 0 Å². The molecule has 1 fully saturated rings. The first-order valence-electron chi connectivity index (χ1n) is 6.25. The number of rotatable bonds is 4. The van der Waals surface area contributed by atoms with Gasteiger partial charge in [-0.2, -0.15) is 9.40 Å². The molecule has 2 N–H and O–H groups in total. The van der Waals surface area contributed by atoms with Gasteiger partial charge in [-0.05, 0) is 19.4 Å². The lowest BCUT2D eigenvalue weighted by molar-refractivity contribution is 0.209. The normalized spacial score (nSPS) is 26.3. The van der Waals surface area contributed by atoms with Gasteiger partial charge in [0.05, 0.1) is 6.20 Å². The van der Waals surface area contributed by atoms with Gasteiger partial charge in [0.1, 0.15) is 4.90 Å². The summed E-state index contributed by atoms with van der Waals surface area (Å²) in [6.45, 7) is 3.24. The molecule has 1 aliphatic rings. The Hall–Kier alpha value is -0.920. The molecule has 0 saturated carbocycles. The summed E-state index contributed by atoms with van der Waals surface area (Å²) in [5, 5.41) is 9.53. The van der Waals surface area contributed by atoms with E-state index in [1.807, 2.05) is 7.05 Å². The Morgan fingerprint density at radius 2 is 2.39 bits per heavy atom. The number of sulfonamides is 1. The molecule has 0 spiro atoms. The summed E-state index contributed by atoms with van der Waals surface area (Å²) in [4.78, 5) is 0.250. The molecule has 0 amide bonds. The minimum atomic E-state index is -3.38. The van der Waals surface area contributed by atoms with Crippen molar-refractivity contribution in [2.45, 2.75) is 30.7 Å². The summed E-state index contributed by atoms with van der Waals surface area (Å²) in [6, 6.07) is 0.408. The Morgan fingerprint density at radius 1 is 1.61 bits per heavy atom. The smallest absolute Gasteiger partial charge is 0.246 e. The van der Waals surface area contributed by atoms with Crippen LogP contribution in [0.2, 0.25) is 0 Å². The third-order valence-electron chi connectivity index (χ3n) is 3.70. The lowest BCUT2D eigenvalue weighted by atomic mass is 9.91. The average Bonchev–Trinajstić information content (AvgIpc) is 2.92. The van der Waals surface area contributed by atoms with Crippen molar-refractivity contribution in [3.63, 3.8) is 0 Å². The van der Waals surface area contributed by atoms with E-state index in [4.69, 9.17) is 0 Å². The van der Waals surface area contributed by atoms with Gasteiger partial charge in [-0.1, -0.05) is 13.3 Å². The van der Waals surface area contributed by atoms with Crippen molar-refractivity contribution in [3.8, 4) is 0 Å². The molecule has 102 valence electrons. The van der Waals surface area contributed by atoms with E-state index in [1.165, 1.54) is 12.4 Å². The molecular weight excluding hydrogens is 252 g/mol. The molecular formula is C11H20N4O2S. The first-order valence-corrected chi connectivity index (χ1v) is 7.69. The summed E-state index contributed by atoms with van der Waals surface area (Å²) in [6.07, 6.45) is 4.62. The van der Waals surface area contributed by atoms with E-state index in [9.17, 15) is 8.42 Å². The largest absolute Gasteiger partial charge is 0.317 e. The topological polar surface area (TPSA) is 78.1 Å². The number of hydrogen-bond acceptors (Lipinski definition) is 4. The zero-order valence-electron chi connectivity index (χ0n) is 10.8. The van der Waals surface area contributed by atoms with Crippen LogP contribution in [0.25, 0.3) is 0 Å². The van der Waals surface area contributed by atoms with Crippen LogP contribution >= 0.6 is 0 Å². The summed E-state index contributed by atoms with van der Waals surface area (Å²) < 4.78 is 26.3. The molecule has 1 saturated heterocycles. The summed E-state index contributed by atoms with van der Waals surface area (Å²) in [7, 11) is -1.44. The Bertz CT molecular complexity index is 471. The first-order chi connectivity index (χ1) is 8.59. The Labute approximate surface area is 108 Å². The van der Waals surface area contributed by atoms with Crippen LogP contribution in [-0.2, 0) is 10.0 Å². The molecule has 2 atom stereocenters. The van der Waals surface area contributed by atoms with Gasteiger partial charge in [-0.15, -0.1) is 0 Å². The summed E-state index contributed by atoms with van der Waals surface area (Å²) >= 11 is 0. The number of H-pyrrole nitrogens is 1. The Morgan fingerprint density at radius 3 is 2.94 bits per heavy atom. The number of nitrogens with zero attached hydrogens (tertiary/aromatic N) is 2. The molecule has 2 heterocycles. The maximum Gasteiger partial charge on any atom is 0.246 e. The van der Waals surface area contributed by atoms with E-state index in [0.29, 0.717) is 25.0 Å². The van der Waals surface area contributed by atoms with Gasteiger partial charge in [0.15, 0.2) is 0 Å². The van der Waals surface area contributed by atoms with Gasteiger partial charge in [0.2, 0.25) is 10.0 Å². The van der Waals surface area contributed by atoms with Crippen LogP contribution in [0.15, 0.2) is 17.3 Å². The SMILES string of the molecule is CCC1CN(S(=O)(=O)c2cn[nH]c2)CCC1NC. The van der Waals surface area contributed by atoms with Crippen molar-refractivity contribution in [2.75, 3.05) is 20.1 Å². The second-order valence-corrected chi connectivity index (χ2v) is 6.59. The quantitative estimate of drug-likeness (QED) is 0.832. The fourth-order valence-electron chi connectivity index (χ4n) is 2.54. The highest BCUT2D eigenvalue weighted by molar-refractivity contribution is 7.89. The van der Waals surface area contributed by atoms with Crippen molar-refractivity contribution < 1.29 is 8.42 Å². The van der Waals surface area contributed by atoms with Crippen molar-refractivity contribution in [2.24, 2.45) is 5.92 Å². The van der Waals surface area contributed by atoms with Gasteiger partial charge >= 0.3 is 0 Å². The van der Waals surface area contributed by atoms with Crippen LogP contribution in [0.4, 0.5) is 0 Å². The van der Waals surface area contributed by atoms with Crippen LogP contribution in [0, 0.1) is 5.92 Å². The predicted octanol–water partition coefficient (Wildman–Crippen LogP) is 0.418. The minimum absolute atomic E-state index is 0.250. The molecule has 6 nitrogen and oxygen atoms in total. The van der Waals surface area contributed by atoms with E-state index in [-0.39, 0.29) is 4.90 Å². The van der Waals surface area contributed by atoms with E-state index < -0.39 is 10.0 Å². The van der Waals surface area contributed by atoms with Crippen molar-refractivity contribution in [1.82, 2.24) is 19.8 Å². The van der Waals surface area contributed by atoms with Gasteiger partial charge in [-0.3, -0.25) is 5.10 Å². The number of piperidine rings is 1. The molecule has 0 aliphatic carbocycles. The zero-order valence-corrected chi connectivity index (χ0v) is 11.6. The van der Waals surface area contributed by atoms with Crippen molar-refractivity contribution in [3.05, 3.63) is 12.4 Å². The van der Waals surface area contributed by atoms with Crippen LogP contribution in [0.5, 0.6) is 0 Å². The number of aromatic nitrogens is 2. The molecule has 1 aliphatic heterocycles. The fraction of sp³-hybridized carbons (Fsp3) is 0.727. The summed E-state index contributed by atoms with van der Waals surface area (Å²) in [5.41, 5.74) is 0. The van der Waals surface area contributed by atoms with Crippen molar-refractivity contribution >= 4 is 10.0 Å². The van der Waals surface area contributed by atoms with Crippen LogP contribution in [0.3, 0.4) is 0 Å². The number of nitrogens with one attached hydrogen (secondary N) is 2. The second kappa shape index (κ2) is 5.38. The van der Waals surface area contributed by atoms with E-state index in [1.54, 1.807) is 4.31 Å². The lowest BCUT2D eigenvalue weighted by Gasteiger charge is -2.37. The van der Waals surface area contributed by atoms with Gasteiger partial charge in [0, 0.05) is 25.3 Å². The highest BCUT2D eigenvalue weighted by Crippen LogP contribution is 2.25. The van der Waals surface area contributed by atoms with E-state index in [0.717, 1.165) is 12.8 Å². The summed E-state index contributed by atoms with van der Waals surface area (Å²) in [5.74, 6) is 0.366. The molecule has 0 radical (unpaired) electrons. The molecule has 2 rings (SSSR count). The molecule has 7 heteroatoms. The highest BCUT2D eigenvalue weighted by Gasteiger charge is 2.34. The number of hydrogen-bond donors (Lipinski definition) is 2. The third kappa shape index (κ3) is 2.43. The second-order valence-electron chi connectivity index (χ2n) is 4.65. The van der Waals surface area contributed by atoms with Gasteiger partial charge in [0.25, 0.3) is 0 Å². The Balaban J connectivity index is 2.16. The zero-order chi connectivity index (χ0) is 13.2. The molecule has 1 aromatic rings. The van der Waals surface area contributed by atoms with E-state index in [2.05, 4.69) is 22.4 Å². The molecule has 18 heavy (non-hydrogen) atoms. The molecule has 1 aromatic heterocycles. The molecule has 2 unspecified atom stereocenters. The Kier molecular flexibility index (Phi) is 4.04. The fourth-order valence-corrected chi connectivity index (χ4v) is 3.96. The average molecular weight is 272 g/mol. The molecule has 0 aromatic carbocycles.